The summed E-state index contributed by atoms with van der Waals surface area (Å²) in [5.41, 5.74) is 0.834. The van der Waals surface area contributed by atoms with Gasteiger partial charge in [0.05, 0.1) is 0 Å². The molecule has 0 spiro atoms. The number of Topliss-reactive ketones (excluding diaryl/α,β-unsaturated/α-hetero) is 1. The molecule has 1 aromatic carbocycles. The molecule has 0 N–H and O–H groups in total. The minimum Gasteiger partial charge on any atom is -0.303 e. The maximum Gasteiger partial charge on any atom is 0.164 e. The molecular weight excluding hydrogens is 234 g/mol. The topological polar surface area (TPSA) is 20.3 Å². The minimum absolute atomic E-state index is 0.253. The number of hydrogen-bond donors (Lipinski definition) is 0. The third-order valence-corrected chi connectivity index (χ3v) is 3.87. The molecule has 106 valence electrons. The predicted octanol–water partition coefficient (Wildman–Crippen LogP) is 4.02. The van der Waals surface area contributed by atoms with E-state index in [0.29, 0.717) is 6.42 Å². The summed E-state index contributed by atoms with van der Waals surface area (Å²) in [6.07, 6.45) is 3.07. The molecule has 1 aromatic rings. The number of hydrogen-bond acceptors (Lipinski definition) is 2. The molecule has 1 rings (SSSR count). The van der Waals surface area contributed by atoms with E-state index in [0.717, 1.165) is 31.1 Å². The first-order chi connectivity index (χ1) is 9.21. The molecule has 0 heterocycles. The van der Waals surface area contributed by atoms with Crippen molar-refractivity contribution in [3.63, 3.8) is 0 Å². The summed E-state index contributed by atoms with van der Waals surface area (Å²) < 4.78 is 0. The van der Waals surface area contributed by atoms with Crippen LogP contribution < -0.4 is 0 Å². The van der Waals surface area contributed by atoms with Crippen molar-refractivity contribution < 1.29 is 4.79 Å². The lowest BCUT2D eigenvalue weighted by molar-refractivity contribution is 0.0960. The summed E-state index contributed by atoms with van der Waals surface area (Å²) in [5, 5.41) is 0. The smallest absolute Gasteiger partial charge is 0.164 e. The third kappa shape index (κ3) is 5.56. The number of carbonyl (C=O) groups is 1. The summed E-state index contributed by atoms with van der Waals surface area (Å²) in [7, 11) is 0. The van der Waals surface area contributed by atoms with E-state index in [1.807, 2.05) is 30.3 Å². The third-order valence-electron chi connectivity index (χ3n) is 3.87. The fraction of sp³-hybridized carbons (Fsp3) is 0.588. The van der Waals surface area contributed by atoms with Crippen LogP contribution in [0.2, 0.25) is 0 Å². The van der Waals surface area contributed by atoms with Crippen LogP contribution in [0.15, 0.2) is 30.3 Å². The summed E-state index contributed by atoms with van der Waals surface area (Å²) >= 11 is 0. The molecule has 2 nitrogen and oxygen atoms in total. The highest BCUT2D eigenvalue weighted by atomic mass is 16.1. The second-order valence-electron chi connectivity index (χ2n) is 5.11. The summed E-state index contributed by atoms with van der Waals surface area (Å²) in [4.78, 5) is 14.5. The van der Waals surface area contributed by atoms with Crippen LogP contribution in [0.3, 0.4) is 0 Å². The van der Waals surface area contributed by atoms with Crippen molar-refractivity contribution in [2.75, 3.05) is 19.6 Å². The van der Waals surface area contributed by atoms with Gasteiger partial charge in [-0.1, -0.05) is 63.9 Å². The van der Waals surface area contributed by atoms with Crippen LogP contribution in [-0.4, -0.2) is 30.3 Å². The van der Waals surface area contributed by atoms with E-state index in [1.165, 1.54) is 12.8 Å². The SMILES string of the molecule is CCC(CC)CN(CC)CCC(=O)c1ccccc1. The molecule has 0 saturated carbocycles. The highest BCUT2D eigenvalue weighted by molar-refractivity contribution is 5.96. The standard InChI is InChI=1S/C17H27NO/c1-4-15(5-2)14-18(6-3)13-12-17(19)16-10-8-7-9-11-16/h7-11,15H,4-6,12-14H2,1-3H3. The maximum absolute atomic E-state index is 12.1. The molecule has 2 heteroatoms. The van der Waals surface area contributed by atoms with E-state index >= 15 is 0 Å². The van der Waals surface area contributed by atoms with E-state index in [4.69, 9.17) is 0 Å². The van der Waals surface area contributed by atoms with Gasteiger partial charge < -0.3 is 4.90 Å². The second-order valence-corrected chi connectivity index (χ2v) is 5.11. The molecule has 0 aromatic heterocycles. The molecule has 0 aliphatic heterocycles. The molecule has 0 radical (unpaired) electrons. The van der Waals surface area contributed by atoms with Gasteiger partial charge in [0.15, 0.2) is 5.78 Å². The van der Waals surface area contributed by atoms with Crippen molar-refractivity contribution in [3.8, 4) is 0 Å². The molecule has 0 aliphatic rings. The molecular formula is C17H27NO. The summed E-state index contributed by atoms with van der Waals surface area (Å²) in [6.45, 7) is 9.69. The normalized spacial score (nSPS) is 11.2. The zero-order valence-corrected chi connectivity index (χ0v) is 12.6. The van der Waals surface area contributed by atoms with Crippen molar-refractivity contribution in [1.29, 1.82) is 0 Å². The Balaban J connectivity index is 2.43. The van der Waals surface area contributed by atoms with Crippen molar-refractivity contribution in [2.45, 2.75) is 40.0 Å². The summed E-state index contributed by atoms with van der Waals surface area (Å²) in [6, 6.07) is 9.60. The van der Waals surface area contributed by atoms with Crippen LogP contribution in [0.1, 0.15) is 50.4 Å². The van der Waals surface area contributed by atoms with Gasteiger partial charge in [-0.3, -0.25) is 4.79 Å². The van der Waals surface area contributed by atoms with E-state index in [-0.39, 0.29) is 5.78 Å². The fourth-order valence-electron chi connectivity index (χ4n) is 2.32. The highest BCUT2D eigenvalue weighted by Gasteiger charge is 2.12. The number of benzene rings is 1. The fourth-order valence-corrected chi connectivity index (χ4v) is 2.32. The quantitative estimate of drug-likeness (QED) is 0.626. The average Bonchev–Trinajstić information content (AvgIpc) is 2.48. The first-order valence-electron chi connectivity index (χ1n) is 7.51. The minimum atomic E-state index is 0.253. The first-order valence-corrected chi connectivity index (χ1v) is 7.51. The van der Waals surface area contributed by atoms with Crippen LogP contribution in [0.25, 0.3) is 0 Å². The van der Waals surface area contributed by atoms with Gasteiger partial charge in [0.25, 0.3) is 0 Å². The zero-order valence-electron chi connectivity index (χ0n) is 12.6. The van der Waals surface area contributed by atoms with Crippen LogP contribution in [0.4, 0.5) is 0 Å². The van der Waals surface area contributed by atoms with Crippen LogP contribution in [0, 0.1) is 5.92 Å². The van der Waals surface area contributed by atoms with Gasteiger partial charge in [0.1, 0.15) is 0 Å². The van der Waals surface area contributed by atoms with Gasteiger partial charge >= 0.3 is 0 Å². The molecule has 0 bridgehead atoms. The Morgan fingerprint density at radius 2 is 1.74 bits per heavy atom. The molecule has 0 amide bonds. The van der Waals surface area contributed by atoms with Gasteiger partial charge in [0, 0.05) is 25.1 Å². The lowest BCUT2D eigenvalue weighted by Crippen LogP contribution is -2.31. The Labute approximate surface area is 117 Å². The molecule has 0 unspecified atom stereocenters. The lowest BCUT2D eigenvalue weighted by atomic mass is 10.0. The van der Waals surface area contributed by atoms with E-state index in [1.54, 1.807) is 0 Å². The highest BCUT2D eigenvalue weighted by Crippen LogP contribution is 2.11. The van der Waals surface area contributed by atoms with Gasteiger partial charge in [-0.05, 0) is 12.5 Å². The zero-order chi connectivity index (χ0) is 14.1. The van der Waals surface area contributed by atoms with Crippen molar-refractivity contribution >= 4 is 5.78 Å². The number of nitrogens with zero attached hydrogens (tertiary/aromatic N) is 1. The van der Waals surface area contributed by atoms with E-state index < -0.39 is 0 Å². The number of ketones is 1. The largest absolute Gasteiger partial charge is 0.303 e. The molecule has 19 heavy (non-hydrogen) atoms. The van der Waals surface area contributed by atoms with Crippen LogP contribution in [-0.2, 0) is 0 Å². The molecule has 0 aliphatic carbocycles. The number of carbonyl (C=O) groups excluding carboxylic acids is 1. The van der Waals surface area contributed by atoms with E-state index in [2.05, 4.69) is 25.7 Å². The predicted molar refractivity (Wildman–Crippen MR) is 81.6 cm³/mol. The molecule has 0 saturated heterocycles. The molecule has 0 atom stereocenters. The second kappa shape index (κ2) is 8.87. The molecule has 0 fully saturated rings. The Bertz CT molecular complexity index is 357. The maximum atomic E-state index is 12.1. The van der Waals surface area contributed by atoms with Crippen LogP contribution >= 0.6 is 0 Å². The van der Waals surface area contributed by atoms with E-state index in [9.17, 15) is 4.79 Å². The first kappa shape index (κ1) is 15.9. The van der Waals surface area contributed by atoms with Crippen LogP contribution in [0.5, 0.6) is 0 Å². The van der Waals surface area contributed by atoms with Gasteiger partial charge in [0.2, 0.25) is 0 Å². The Hall–Kier alpha value is -1.15. The Morgan fingerprint density at radius 1 is 1.11 bits per heavy atom. The van der Waals surface area contributed by atoms with Crippen molar-refractivity contribution in [3.05, 3.63) is 35.9 Å². The van der Waals surface area contributed by atoms with Crippen molar-refractivity contribution in [2.24, 2.45) is 5.92 Å². The Kier molecular flexibility index (Phi) is 7.42. The Morgan fingerprint density at radius 3 is 2.26 bits per heavy atom. The van der Waals surface area contributed by atoms with Gasteiger partial charge in [-0.2, -0.15) is 0 Å². The van der Waals surface area contributed by atoms with Gasteiger partial charge in [-0.25, -0.2) is 0 Å². The summed E-state index contributed by atoms with van der Waals surface area (Å²) in [5.74, 6) is 1.01. The lowest BCUT2D eigenvalue weighted by Gasteiger charge is -2.24. The number of rotatable bonds is 9. The monoisotopic (exact) mass is 261 g/mol. The van der Waals surface area contributed by atoms with Crippen molar-refractivity contribution in [1.82, 2.24) is 4.90 Å². The average molecular weight is 261 g/mol. The van der Waals surface area contributed by atoms with Gasteiger partial charge in [-0.15, -0.1) is 0 Å².